The highest BCUT2D eigenvalue weighted by Gasteiger charge is 2.26. The second-order valence-electron chi connectivity index (χ2n) is 20.2. The van der Waals surface area contributed by atoms with Gasteiger partial charge in [-0.2, -0.15) is 0 Å². The van der Waals surface area contributed by atoms with Crippen molar-refractivity contribution in [3.05, 3.63) is 72.9 Å². The van der Waals surface area contributed by atoms with E-state index in [0.717, 1.165) is 77.0 Å². The van der Waals surface area contributed by atoms with E-state index < -0.39 is 26.5 Å². The lowest BCUT2D eigenvalue weighted by molar-refractivity contribution is -0.161. The van der Waals surface area contributed by atoms with Crippen LogP contribution in [0.2, 0.25) is 0 Å². The summed E-state index contributed by atoms with van der Waals surface area (Å²) in [5.74, 6) is -0.816. The maximum Gasteiger partial charge on any atom is 0.472 e. The van der Waals surface area contributed by atoms with Crippen molar-refractivity contribution in [2.45, 2.75) is 290 Å². The van der Waals surface area contributed by atoms with Crippen LogP contribution in [0.25, 0.3) is 0 Å². The first-order chi connectivity index (χ1) is 35.8. The third kappa shape index (κ3) is 58.6. The van der Waals surface area contributed by atoms with Gasteiger partial charge in [0.1, 0.15) is 6.61 Å². The molecule has 0 aliphatic carbocycles. The molecule has 0 fully saturated rings. The van der Waals surface area contributed by atoms with Crippen molar-refractivity contribution in [2.75, 3.05) is 26.4 Å². The maximum atomic E-state index is 12.7. The van der Waals surface area contributed by atoms with Crippen LogP contribution in [0.15, 0.2) is 72.9 Å². The molecule has 0 saturated heterocycles. The molecule has 10 heteroatoms. The first-order valence-corrected chi connectivity index (χ1v) is 31.9. The van der Waals surface area contributed by atoms with Gasteiger partial charge in [0, 0.05) is 19.4 Å². The number of unbranched alkanes of at least 4 members (excludes halogenated alkanes) is 32. The zero-order valence-corrected chi connectivity index (χ0v) is 48.3. The Morgan fingerprint density at radius 2 is 0.753 bits per heavy atom. The van der Waals surface area contributed by atoms with Crippen LogP contribution in [0.3, 0.4) is 0 Å². The van der Waals surface area contributed by atoms with Crippen LogP contribution >= 0.6 is 7.82 Å². The molecule has 0 aromatic heterocycles. The molecular weight excluding hydrogens is 930 g/mol. The number of hydrogen-bond donors (Lipinski definition) is 2. The highest BCUT2D eigenvalue weighted by molar-refractivity contribution is 7.47. The Kier molecular flexibility index (Phi) is 56.7. The summed E-state index contributed by atoms with van der Waals surface area (Å²) in [6.45, 7) is 3.67. The largest absolute Gasteiger partial charge is 0.472 e. The highest BCUT2D eigenvalue weighted by atomic mass is 31.2. The van der Waals surface area contributed by atoms with E-state index in [4.69, 9.17) is 24.3 Å². The number of esters is 2. The SMILES string of the molecule is CC/C=C\C/C=C\C/C=C\C/C=C\C/C=C\C/C=C\CCCCCCCCCCCCCCCCCCC(=O)OC(COC(=O)CCCCCCCCCCCCCCCCCCC)COP(=O)(O)OCCN. The Morgan fingerprint density at radius 3 is 1.12 bits per heavy atom. The fourth-order valence-electron chi connectivity index (χ4n) is 8.64. The van der Waals surface area contributed by atoms with E-state index in [9.17, 15) is 19.0 Å². The lowest BCUT2D eigenvalue weighted by Crippen LogP contribution is -2.29. The number of carbonyl (C=O) groups excluding carboxylic acids is 2. The first kappa shape index (κ1) is 70.5. The third-order valence-corrected chi connectivity index (χ3v) is 14.1. The van der Waals surface area contributed by atoms with Crippen LogP contribution in [-0.2, 0) is 32.7 Å². The van der Waals surface area contributed by atoms with Gasteiger partial charge in [-0.05, 0) is 64.2 Å². The Morgan fingerprint density at radius 1 is 0.425 bits per heavy atom. The van der Waals surface area contributed by atoms with E-state index in [1.54, 1.807) is 0 Å². The molecule has 2 atom stereocenters. The summed E-state index contributed by atoms with van der Waals surface area (Å²) in [7, 11) is -4.39. The number of nitrogens with two attached hydrogens (primary N) is 1. The van der Waals surface area contributed by atoms with Crippen LogP contribution in [0.4, 0.5) is 0 Å². The van der Waals surface area contributed by atoms with Crippen molar-refractivity contribution < 1.29 is 37.6 Å². The van der Waals surface area contributed by atoms with Crippen LogP contribution in [-0.4, -0.2) is 49.3 Å². The van der Waals surface area contributed by atoms with Crippen LogP contribution in [0, 0.1) is 0 Å². The number of phosphoric ester groups is 1. The summed E-state index contributed by atoms with van der Waals surface area (Å²) >= 11 is 0. The van der Waals surface area contributed by atoms with Gasteiger partial charge in [-0.3, -0.25) is 18.6 Å². The highest BCUT2D eigenvalue weighted by Crippen LogP contribution is 2.43. The fraction of sp³-hybridized carbons (Fsp3) is 0.778. The minimum absolute atomic E-state index is 0.0537. The second-order valence-corrected chi connectivity index (χ2v) is 21.7. The molecule has 0 bridgehead atoms. The molecule has 9 nitrogen and oxygen atoms in total. The second kappa shape index (κ2) is 58.7. The Labute approximate surface area is 450 Å². The Bertz CT molecular complexity index is 1420. The van der Waals surface area contributed by atoms with Crippen molar-refractivity contribution in [3.63, 3.8) is 0 Å². The quantitative estimate of drug-likeness (QED) is 0.0264. The molecular formula is C63H114NO8P. The minimum atomic E-state index is -4.39. The van der Waals surface area contributed by atoms with Gasteiger partial charge in [-0.1, -0.05) is 279 Å². The van der Waals surface area contributed by atoms with Crippen molar-refractivity contribution in [3.8, 4) is 0 Å². The van der Waals surface area contributed by atoms with Crippen molar-refractivity contribution in [1.29, 1.82) is 0 Å². The molecule has 0 radical (unpaired) electrons. The van der Waals surface area contributed by atoms with E-state index in [1.165, 1.54) is 173 Å². The average molecular weight is 1040 g/mol. The van der Waals surface area contributed by atoms with Gasteiger partial charge in [-0.15, -0.1) is 0 Å². The molecule has 73 heavy (non-hydrogen) atoms. The van der Waals surface area contributed by atoms with E-state index in [2.05, 4.69) is 86.8 Å². The summed E-state index contributed by atoms with van der Waals surface area (Å²) in [6.07, 6.45) is 75.4. The monoisotopic (exact) mass is 1040 g/mol. The molecule has 0 spiro atoms. The third-order valence-electron chi connectivity index (χ3n) is 13.1. The normalized spacial score (nSPS) is 13.5. The minimum Gasteiger partial charge on any atom is -0.462 e. The molecule has 0 amide bonds. The molecule has 0 aromatic carbocycles. The molecule has 0 rings (SSSR count). The zero-order chi connectivity index (χ0) is 53.1. The maximum absolute atomic E-state index is 12.7. The van der Waals surface area contributed by atoms with Crippen LogP contribution < -0.4 is 5.73 Å². The van der Waals surface area contributed by atoms with Crippen LogP contribution in [0.5, 0.6) is 0 Å². The Balaban J connectivity index is 3.88. The van der Waals surface area contributed by atoms with E-state index in [0.29, 0.717) is 6.42 Å². The molecule has 2 unspecified atom stereocenters. The number of rotatable bonds is 57. The van der Waals surface area contributed by atoms with Gasteiger partial charge in [-0.25, -0.2) is 4.57 Å². The number of allylic oxidation sites excluding steroid dienone is 12. The van der Waals surface area contributed by atoms with E-state index in [-0.39, 0.29) is 38.6 Å². The molecule has 424 valence electrons. The first-order valence-electron chi connectivity index (χ1n) is 30.4. The standard InChI is InChI=1S/C63H114NO8P/c1-3-5-7-9-11-13-15-17-19-21-22-23-24-25-26-27-28-29-30-31-32-33-34-35-36-37-38-40-42-44-46-48-50-52-54-56-63(66)72-61(60-71-73(67,68)70-58-57-64)59-69-62(65)55-53-51-49-47-45-43-41-39-20-18-16-14-12-10-8-6-4-2/h5,7,11,13,17,19,22-23,25-26,28-29,61H,3-4,6,8-10,12,14-16,18,20-21,24,27,30-60,64H2,1-2H3,(H,67,68)/b7-5-,13-11-,19-17-,23-22-,26-25-,29-28-. The van der Waals surface area contributed by atoms with Gasteiger partial charge in [0.2, 0.25) is 0 Å². The van der Waals surface area contributed by atoms with E-state index >= 15 is 0 Å². The molecule has 0 saturated carbocycles. The number of phosphoric acid groups is 1. The Hall–Kier alpha value is -2.55. The van der Waals surface area contributed by atoms with Gasteiger partial charge in [0.25, 0.3) is 0 Å². The lowest BCUT2D eigenvalue weighted by Gasteiger charge is -2.19. The predicted molar refractivity (Wildman–Crippen MR) is 312 cm³/mol. The van der Waals surface area contributed by atoms with Crippen molar-refractivity contribution in [2.24, 2.45) is 5.73 Å². The molecule has 0 aliphatic heterocycles. The average Bonchev–Trinajstić information content (AvgIpc) is 3.38. The fourth-order valence-corrected chi connectivity index (χ4v) is 9.41. The summed E-state index contributed by atoms with van der Waals surface area (Å²) in [6, 6.07) is 0. The van der Waals surface area contributed by atoms with Gasteiger partial charge < -0.3 is 20.1 Å². The molecule has 3 N–H and O–H groups in total. The number of hydrogen-bond acceptors (Lipinski definition) is 8. The molecule has 0 aliphatic rings. The summed E-state index contributed by atoms with van der Waals surface area (Å²) in [4.78, 5) is 35.2. The lowest BCUT2D eigenvalue weighted by atomic mass is 10.0. The predicted octanol–water partition coefficient (Wildman–Crippen LogP) is 19.3. The van der Waals surface area contributed by atoms with Crippen molar-refractivity contribution >= 4 is 19.8 Å². The topological polar surface area (TPSA) is 134 Å². The van der Waals surface area contributed by atoms with E-state index in [1.807, 2.05) is 0 Å². The van der Waals surface area contributed by atoms with Gasteiger partial charge >= 0.3 is 19.8 Å². The van der Waals surface area contributed by atoms with Crippen LogP contribution in [0.1, 0.15) is 284 Å². The summed E-state index contributed by atoms with van der Waals surface area (Å²) in [5.41, 5.74) is 5.38. The smallest absolute Gasteiger partial charge is 0.462 e. The molecule has 0 aromatic rings. The number of ether oxygens (including phenoxy) is 2. The van der Waals surface area contributed by atoms with Gasteiger partial charge in [0.05, 0.1) is 13.2 Å². The summed E-state index contributed by atoms with van der Waals surface area (Å²) < 4.78 is 33.1. The summed E-state index contributed by atoms with van der Waals surface area (Å²) in [5, 5.41) is 0. The van der Waals surface area contributed by atoms with Crippen molar-refractivity contribution in [1.82, 2.24) is 0 Å². The zero-order valence-electron chi connectivity index (χ0n) is 47.4. The molecule has 0 heterocycles. The van der Waals surface area contributed by atoms with Gasteiger partial charge in [0.15, 0.2) is 6.10 Å². The number of carbonyl (C=O) groups is 2.